The van der Waals surface area contributed by atoms with Gasteiger partial charge in [-0.2, -0.15) is 0 Å². The predicted molar refractivity (Wildman–Crippen MR) is 109 cm³/mol. The first kappa shape index (κ1) is 18.9. The van der Waals surface area contributed by atoms with Crippen molar-refractivity contribution >= 4 is 5.78 Å². The third-order valence-electron chi connectivity index (χ3n) is 9.55. The zero-order chi connectivity index (χ0) is 19.5. The number of carbonyl (C=O) groups is 1. The molecule has 5 rings (SSSR count). The number of carbonyl (C=O) groups excluding carboxylic acids is 1. The number of Topliss-reactive ketones (excluding diaryl/α,β-unsaturated/α-hetero) is 1. The summed E-state index contributed by atoms with van der Waals surface area (Å²) in [6.07, 6.45) is 12.8. The Kier molecular flexibility index (Phi) is 4.54. The van der Waals surface area contributed by atoms with Crippen molar-refractivity contribution in [1.82, 2.24) is 0 Å². The molecular weight excluding hydrogens is 348 g/mol. The fourth-order valence-corrected chi connectivity index (χ4v) is 8.32. The number of furan rings is 1. The highest BCUT2D eigenvalue weighted by Crippen LogP contribution is 2.64. The van der Waals surface area contributed by atoms with Gasteiger partial charge in [-0.05, 0) is 112 Å². The Hall–Kier alpha value is -1.09. The van der Waals surface area contributed by atoms with Crippen LogP contribution in [0.4, 0.5) is 0 Å². The van der Waals surface area contributed by atoms with Gasteiger partial charge in [-0.1, -0.05) is 6.92 Å². The average molecular weight is 385 g/mol. The molecule has 0 unspecified atom stereocenters. The van der Waals surface area contributed by atoms with E-state index in [2.05, 4.69) is 6.92 Å². The van der Waals surface area contributed by atoms with Crippen LogP contribution < -0.4 is 0 Å². The highest BCUT2D eigenvalue weighted by Gasteiger charge is 2.58. The smallest absolute Gasteiger partial charge is 0.144 e. The second-order valence-corrected chi connectivity index (χ2v) is 11.1. The van der Waals surface area contributed by atoms with Crippen molar-refractivity contribution in [1.29, 1.82) is 0 Å². The van der Waals surface area contributed by atoms with E-state index in [0.29, 0.717) is 12.2 Å². The molecule has 4 fully saturated rings. The molecule has 1 aromatic heterocycles. The second-order valence-electron chi connectivity index (χ2n) is 11.1. The first-order chi connectivity index (χ1) is 13.4. The fraction of sp³-hybridized carbons (Fsp3) is 0.800. The lowest BCUT2D eigenvalue weighted by atomic mass is 9.49. The minimum absolute atomic E-state index is 0.192. The number of aliphatic hydroxyl groups is 1. The van der Waals surface area contributed by atoms with E-state index in [1.165, 1.54) is 38.5 Å². The van der Waals surface area contributed by atoms with Crippen molar-refractivity contribution in [3.8, 4) is 0 Å². The van der Waals surface area contributed by atoms with Crippen LogP contribution in [-0.2, 0) is 11.2 Å². The maximum Gasteiger partial charge on any atom is 0.144 e. The zero-order valence-electron chi connectivity index (χ0n) is 17.5. The molecule has 8 atom stereocenters. The third kappa shape index (κ3) is 3.00. The molecule has 1 N–H and O–H groups in total. The van der Waals surface area contributed by atoms with Gasteiger partial charge in [-0.3, -0.25) is 4.79 Å². The molecule has 0 aromatic carbocycles. The van der Waals surface area contributed by atoms with E-state index in [9.17, 15) is 9.90 Å². The Morgan fingerprint density at radius 1 is 1.07 bits per heavy atom. The largest absolute Gasteiger partial charge is 0.469 e. The topological polar surface area (TPSA) is 50.4 Å². The SMILES string of the molecule is C[C@@]1(O)CC[C@H]2[C@@H](CC[C@@H]3[C@@H]2CC[C@]2(C)[C@@H](C(=O)Cc4ccco4)CC[C@@H]32)C1. The van der Waals surface area contributed by atoms with E-state index in [1.807, 2.05) is 19.1 Å². The summed E-state index contributed by atoms with van der Waals surface area (Å²) in [5.74, 6) is 5.36. The second kappa shape index (κ2) is 6.72. The standard InChI is InChI=1S/C25H36O3/c1-24(27)11-9-18-16(15-24)5-6-20-19(18)10-12-25(2)21(20)7-8-22(25)23(26)14-17-4-3-13-28-17/h3-4,13,16,18-22,27H,5-12,14-15H2,1-2H3/t16-,18-,19+,20+,21-,22+,24+,25-/m0/s1. The van der Waals surface area contributed by atoms with Crippen molar-refractivity contribution in [3.05, 3.63) is 24.2 Å². The van der Waals surface area contributed by atoms with Crippen LogP contribution in [0, 0.1) is 40.9 Å². The third-order valence-corrected chi connectivity index (χ3v) is 9.55. The molecular formula is C25H36O3. The van der Waals surface area contributed by atoms with Crippen LogP contribution in [0.3, 0.4) is 0 Å². The van der Waals surface area contributed by atoms with Gasteiger partial charge in [0.15, 0.2) is 0 Å². The Morgan fingerprint density at radius 3 is 2.68 bits per heavy atom. The monoisotopic (exact) mass is 384 g/mol. The molecule has 28 heavy (non-hydrogen) atoms. The van der Waals surface area contributed by atoms with Crippen LogP contribution in [0.25, 0.3) is 0 Å². The van der Waals surface area contributed by atoms with E-state index in [1.54, 1.807) is 6.26 Å². The van der Waals surface area contributed by atoms with E-state index < -0.39 is 5.60 Å². The summed E-state index contributed by atoms with van der Waals surface area (Å²) >= 11 is 0. The summed E-state index contributed by atoms with van der Waals surface area (Å²) in [4.78, 5) is 13.1. The fourth-order valence-electron chi connectivity index (χ4n) is 8.32. The number of hydrogen-bond acceptors (Lipinski definition) is 3. The molecule has 3 nitrogen and oxygen atoms in total. The van der Waals surface area contributed by atoms with Gasteiger partial charge >= 0.3 is 0 Å². The molecule has 154 valence electrons. The normalized spacial score (nSPS) is 47.8. The van der Waals surface area contributed by atoms with Gasteiger partial charge < -0.3 is 9.52 Å². The van der Waals surface area contributed by atoms with Crippen LogP contribution in [0.5, 0.6) is 0 Å². The van der Waals surface area contributed by atoms with Crippen molar-refractivity contribution in [2.45, 2.75) is 83.7 Å². The summed E-state index contributed by atoms with van der Waals surface area (Å²) in [6, 6.07) is 3.82. The number of hydrogen-bond donors (Lipinski definition) is 1. The van der Waals surface area contributed by atoms with Crippen LogP contribution in [0.1, 0.15) is 77.4 Å². The molecule has 0 spiro atoms. The summed E-state index contributed by atoms with van der Waals surface area (Å²) in [5, 5.41) is 10.6. The van der Waals surface area contributed by atoms with Crippen LogP contribution >= 0.6 is 0 Å². The lowest BCUT2D eigenvalue weighted by Gasteiger charge is -2.56. The maximum atomic E-state index is 13.1. The summed E-state index contributed by atoms with van der Waals surface area (Å²) < 4.78 is 5.45. The van der Waals surface area contributed by atoms with Crippen LogP contribution in [0.2, 0.25) is 0 Å². The molecule has 1 heterocycles. The van der Waals surface area contributed by atoms with Crippen molar-refractivity contribution in [2.75, 3.05) is 0 Å². The zero-order valence-corrected chi connectivity index (χ0v) is 17.5. The van der Waals surface area contributed by atoms with E-state index in [-0.39, 0.29) is 11.3 Å². The molecule has 4 saturated carbocycles. The van der Waals surface area contributed by atoms with Crippen LogP contribution in [0.15, 0.2) is 22.8 Å². The van der Waals surface area contributed by atoms with Gasteiger partial charge in [0, 0.05) is 5.92 Å². The minimum atomic E-state index is -0.437. The van der Waals surface area contributed by atoms with Crippen molar-refractivity contribution in [2.24, 2.45) is 40.9 Å². The quantitative estimate of drug-likeness (QED) is 0.758. The Bertz CT molecular complexity index is 720. The maximum absolute atomic E-state index is 13.1. The Labute approximate surface area is 169 Å². The number of ketones is 1. The molecule has 0 saturated heterocycles. The average Bonchev–Trinajstić information content (AvgIpc) is 3.27. The van der Waals surface area contributed by atoms with Crippen LogP contribution in [-0.4, -0.2) is 16.5 Å². The van der Waals surface area contributed by atoms with Gasteiger partial charge in [-0.15, -0.1) is 0 Å². The van der Waals surface area contributed by atoms with Gasteiger partial charge in [0.25, 0.3) is 0 Å². The first-order valence-electron chi connectivity index (χ1n) is 11.6. The minimum Gasteiger partial charge on any atom is -0.469 e. The molecule has 4 aliphatic rings. The van der Waals surface area contributed by atoms with E-state index in [4.69, 9.17) is 4.42 Å². The lowest BCUT2D eigenvalue weighted by molar-refractivity contribution is -0.132. The number of fused-ring (bicyclic) bond motifs is 5. The van der Waals surface area contributed by atoms with Gasteiger partial charge in [0.2, 0.25) is 0 Å². The highest BCUT2D eigenvalue weighted by molar-refractivity contribution is 5.84. The van der Waals surface area contributed by atoms with E-state index in [0.717, 1.165) is 54.6 Å². The lowest BCUT2D eigenvalue weighted by Crippen LogP contribution is -2.51. The van der Waals surface area contributed by atoms with Gasteiger partial charge in [0.05, 0.1) is 18.3 Å². The molecule has 1 aromatic rings. The molecule has 4 aliphatic carbocycles. The highest BCUT2D eigenvalue weighted by atomic mass is 16.3. The molecule has 0 aliphatic heterocycles. The van der Waals surface area contributed by atoms with E-state index >= 15 is 0 Å². The van der Waals surface area contributed by atoms with Crippen molar-refractivity contribution < 1.29 is 14.3 Å². The predicted octanol–water partition coefficient (Wildman–Crippen LogP) is 5.41. The van der Waals surface area contributed by atoms with Gasteiger partial charge in [0.1, 0.15) is 11.5 Å². The summed E-state index contributed by atoms with van der Waals surface area (Å²) in [6.45, 7) is 4.47. The van der Waals surface area contributed by atoms with Crippen molar-refractivity contribution in [3.63, 3.8) is 0 Å². The molecule has 0 bridgehead atoms. The molecule has 0 amide bonds. The number of rotatable bonds is 3. The molecule has 3 heteroatoms. The Balaban J connectivity index is 1.32. The Morgan fingerprint density at radius 2 is 1.89 bits per heavy atom. The first-order valence-corrected chi connectivity index (χ1v) is 11.6. The molecule has 0 radical (unpaired) electrons. The van der Waals surface area contributed by atoms with Gasteiger partial charge in [-0.25, -0.2) is 0 Å². The summed E-state index contributed by atoms with van der Waals surface area (Å²) in [5.41, 5.74) is -0.244. The summed E-state index contributed by atoms with van der Waals surface area (Å²) in [7, 11) is 0.